The predicted octanol–water partition coefficient (Wildman–Crippen LogP) is 3.70. The van der Waals surface area contributed by atoms with Gasteiger partial charge in [0.25, 0.3) is 5.91 Å². The summed E-state index contributed by atoms with van der Waals surface area (Å²) in [6.45, 7) is 1.83. The van der Waals surface area contributed by atoms with Crippen molar-refractivity contribution in [1.82, 2.24) is 20.1 Å². The summed E-state index contributed by atoms with van der Waals surface area (Å²) in [6, 6.07) is 13.4. The fraction of sp³-hybridized carbons (Fsp3) is 0.238. The van der Waals surface area contributed by atoms with Crippen LogP contribution in [0.3, 0.4) is 0 Å². The van der Waals surface area contributed by atoms with Crippen molar-refractivity contribution in [1.29, 1.82) is 0 Å². The van der Waals surface area contributed by atoms with E-state index >= 15 is 0 Å². The van der Waals surface area contributed by atoms with E-state index in [-0.39, 0.29) is 23.6 Å². The molecule has 1 aromatic heterocycles. The highest BCUT2D eigenvalue weighted by atomic mass is 35.5. The summed E-state index contributed by atoms with van der Waals surface area (Å²) in [7, 11) is 3.37. The molecule has 1 heterocycles. The van der Waals surface area contributed by atoms with Crippen LogP contribution < -0.4 is 15.4 Å². The number of methoxy groups -OCH3 is 1. The van der Waals surface area contributed by atoms with E-state index in [0.717, 1.165) is 0 Å². The molecule has 0 aliphatic heterocycles. The molecular formula is C21H22ClN5O3S. The van der Waals surface area contributed by atoms with Gasteiger partial charge in [-0.3, -0.25) is 9.59 Å². The molecule has 0 saturated heterocycles. The van der Waals surface area contributed by atoms with E-state index in [1.807, 2.05) is 6.92 Å². The average Bonchev–Trinajstić information content (AvgIpc) is 3.14. The predicted molar refractivity (Wildman–Crippen MR) is 121 cm³/mol. The molecule has 1 atom stereocenters. The number of hydrogen-bond donors (Lipinski definition) is 2. The van der Waals surface area contributed by atoms with Crippen LogP contribution in [0, 0.1) is 0 Å². The molecule has 2 N–H and O–H groups in total. The highest BCUT2D eigenvalue weighted by Crippen LogP contribution is 2.20. The van der Waals surface area contributed by atoms with Crippen molar-refractivity contribution < 1.29 is 14.3 Å². The second-order valence-electron chi connectivity index (χ2n) is 6.67. The first kappa shape index (κ1) is 22.6. The highest BCUT2D eigenvalue weighted by Gasteiger charge is 2.19. The Kier molecular flexibility index (Phi) is 7.54. The summed E-state index contributed by atoms with van der Waals surface area (Å²) in [5.41, 5.74) is 1.19. The quantitative estimate of drug-likeness (QED) is 0.498. The summed E-state index contributed by atoms with van der Waals surface area (Å²) >= 11 is 7.11. The third-order valence-corrected chi connectivity index (χ3v) is 5.69. The minimum absolute atomic E-state index is 0.168. The van der Waals surface area contributed by atoms with Gasteiger partial charge in [0, 0.05) is 23.3 Å². The van der Waals surface area contributed by atoms with E-state index in [2.05, 4.69) is 20.8 Å². The van der Waals surface area contributed by atoms with Gasteiger partial charge in [-0.1, -0.05) is 23.4 Å². The number of halogens is 1. The summed E-state index contributed by atoms with van der Waals surface area (Å²) in [5, 5.41) is 15.2. The number of nitrogens with one attached hydrogen (secondary N) is 2. The number of anilines is 1. The third kappa shape index (κ3) is 5.99. The normalized spacial score (nSPS) is 11.6. The van der Waals surface area contributed by atoms with Gasteiger partial charge in [-0.15, -0.1) is 10.2 Å². The molecule has 3 rings (SSSR count). The van der Waals surface area contributed by atoms with Crippen LogP contribution in [0.2, 0.25) is 5.02 Å². The Morgan fingerprint density at radius 2 is 1.81 bits per heavy atom. The fourth-order valence-electron chi connectivity index (χ4n) is 2.78. The van der Waals surface area contributed by atoms with Crippen molar-refractivity contribution >= 4 is 40.9 Å². The maximum Gasteiger partial charge on any atom is 0.251 e. The SMILES string of the molecule is COc1ccc(C(=O)NC(C)c2nnc(SCC(=O)Nc3ccc(Cl)cc3)n2C)cc1. The van der Waals surface area contributed by atoms with Crippen LogP contribution in [0.15, 0.2) is 53.7 Å². The van der Waals surface area contributed by atoms with Gasteiger partial charge in [0.1, 0.15) is 5.75 Å². The molecule has 1 unspecified atom stereocenters. The molecule has 31 heavy (non-hydrogen) atoms. The maximum absolute atomic E-state index is 12.5. The number of nitrogens with zero attached hydrogens (tertiary/aromatic N) is 3. The number of carbonyl (C=O) groups excluding carboxylic acids is 2. The number of hydrogen-bond acceptors (Lipinski definition) is 6. The Hall–Kier alpha value is -3.04. The molecule has 0 saturated carbocycles. The van der Waals surface area contributed by atoms with Gasteiger partial charge in [0.15, 0.2) is 11.0 Å². The number of ether oxygens (including phenoxy) is 1. The van der Waals surface area contributed by atoms with E-state index in [9.17, 15) is 9.59 Å². The smallest absolute Gasteiger partial charge is 0.251 e. The van der Waals surface area contributed by atoms with E-state index in [4.69, 9.17) is 16.3 Å². The molecule has 2 amide bonds. The van der Waals surface area contributed by atoms with Gasteiger partial charge in [0.05, 0.1) is 18.9 Å². The van der Waals surface area contributed by atoms with Crippen LogP contribution in [0.25, 0.3) is 0 Å². The zero-order valence-electron chi connectivity index (χ0n) is 17.3. The number of thioether (sulfide) groups is 1. The summed E-state index contributed by atoms with van der Waals surface area (Å²) in [5.74, 6) is 1.04. The molecule has 10 heteroatoms. The summed E-state index contributed by atoms with van der Waals surface area (Å²) in [4.78, 5) is 24.7. The molecule has 0 spiro atoms. The first-order valence-corrected chi connectivity index (χ1v) is 10.8. The van der Waals surface area contributed by atoms with E-state index in [1.54, 1.807) is 67.3 Å². The van der Waals surface area contributed by atoms with Crippen molar-refractivity contribution in [3.05, 3.63) is 64.9 Å². The third-order valence-electron chi connectivity index (χ3n) is 4.42. The van der Waals surface area contributed by atoms with Crippen LogP contribution in [0.4, 0.5) is 5.69 Å². The van der Waals surface area contributed by atoms with Crippen LogP contribution in [-0.2, 0) is 11.8 Å². The molecule has 3 aromatic rings. The molecule has 0 aliphatic rings. The lowest BCUT2D eigenvalue weighted by Gasteiger charge is -2.14. The maximum atomic E-state index is 12.5. The first-order chi connectivity index (χ1) is 14.9. The topological polar surface area (TPSA) is 98.1 Å². The minimum Gasteiger partial charge on any atom is -0.497 e. The van der Waals surface area contributed by atoms with E-state index in [1.165, 1.54) is 11.8 Å². The molecule has 0 radical (unpaired) electrons. The molecule has 2 aromatic carbocycles. The second-order valence-corrected chi connectivity index (χ2v) is 8.05. The minimum atomic E-state index is -0.371. The van der Waals surface area contributed by atoms with Crippen LogP contribution >= 0.6 is 23.4 Å². The van der Waals surface area contributed by atoms with Gasteiger partial charge in [-0.2, -0.15) is 0 Å². The first-order valence-electron chi connectivity index (χ1n) is 9.40. The number of rotatable bonds is 8. The second kappa shape index (κ2) is 10.3. The van der Waals surface area contributed by atoms with Crippen molar-refractivity contribution in [2.24, 2.45) is 7.05 Å². The molecule has 162 valence electrons. The monoisotopic (exact) mass is 459 g/mol. The Balaban J connectivity index is 1.56. The van der Waals surface area contributed by atoms with Gasteiger partial charge >= 0.3 is 0 Å². The van der Waals surface area contributed by atoms with Crippen molar-refractivity contribution in [3.8, 4) is 5.75 Å². The average molecular weight is 460 g/mol. The Morgan fingerprint density at radius 3 is 2.45 bits per heavy atom. The van der Waals surface area contributed by atoms with E-state index < -0.39 is 0 Å². The summed E-state index contributed by atoms with van der Waals surface area (Å²) < 4.78 is 6.87. The lowest BCUT2D eigenvalue weighted by Crippen LogP contribution is -2.28. The largest absolute Gasteiger partial charge is 0.497 e. The van der Waals surface area contributed by atoms with Crippen molar-refractivity contribution in [3.63, 3.8) is 0 Å². The lowest BCUT2D eigenvalue weighted by atomic mass is 10.2. The molecule has 8 nitrogen and oxygen atoms in total. The van der Waals surface area contributed by atoms with Crippen LogP contribution in [-0.4, -0.2) is 39.4 Å². The van der Waals surface area contributed by atoms with E-state index in [0.29, 0.717) is 33.0 Å². The van der Waals surface area contributed by atoms with Crippen molar-refractivity contribution in [2.45, 2.75) is 18.1 Å². The van der Waals surface area contributed by atoms with Crippen LogP contribution in [0.5, 0.6) is 5.75 Å². The van der Waals surface area contributed by atoms with Gasteiger partial charge in [0.2, 0.25) is 5.91 Å². The molecule has 0 aliphatic carbocycles. The Bertz CT molecular complexity index is 1050. The molecule has 0 fully saturated rings. The van der Waals surface area contributed by atoms with Gasteiger partial charge in [-0.25, -0.2) is 0 Å². The van der Waals surface area contributed by atoms with Gasteiger partial charge in [-0.05, 0) is 55.5 Å². The standard InChI is InChI=1S/C21H22ClN5O3S/c1-13(23-20(29)14-4-10-17(30-3)11-5-14)19-25-26-21(27(19)2)31-12-18(28)24-16-8-6-15(22)7-9-16/h4-11,13H,12H2,1-3H3,(H,23,29)(H,24,28). The number of benzene rings is 2. The number of carbonyl (C=O) groups is 2. The Labute approximate surface area is 189 Å². The number of amides is 2. The zero-order chi connectivity index (χ0) is 22.4. The molecular weight excluding hydrogens is 438 g/mol. The lowest BCUT2D eigenvalue weighted by molar-refractivity contribution is -0.113. The highest BCUT2D eigenvalue weighted by molar-refractivity contribution is 7.99. The number of aromatic nitrogens is 3. The Morgan fingerprint density at radius 1 is 1.13 bits per heavy atom. The molecule has 0 bridgehead atoms. The van der Waals surface area contributed by atoms with Crippen LogP contribution in [0.1, 0.15) is 29.1 Å². The summed E-state index contributed by atoms with van der Waals surface area (Å²) in [6.07, 6.45) is 0. The van der Waals surface area contributed by atoms with Crippen molar-refractivity contribution in [2.75, 3.05) is 18.2 Å². The fourth-order valence-corrected chi connectivity index (χ4v) is 3.62. The zero-order valence-corrected chi connectivity index (χ0v) is 18.8. The van der Waals surface area contributed by atoms with Gasteiger partial charge < -0.3 is 19.9 Å².